The monoisotopic (exact) mass is 258 g/mol. The molecule has 0 aromatic heterocycles. The summed E-state index contributed by atoms with van der Waals surface area (Å²) < 4.78 is 0. The predicted molar refractivity (Wildman–Crippen MR) is 75.9 cm³/mol. The molecule has 0 rings (SSSR count). The molecule has 0 aliphatic rings. The van der Waals surface area contributed by atoms with E-state index in [2.05, 4.69) is 31.0 Å². The molecule has 4 nitrogen and oxygen atoms in total. The SMILES string of the molecule is CCCCC(NC(CC(C)C)CN(C)C)C(=O)O. The second-order valence-electron chi connectivity index (χ2n) is 5.79. The van der Waals surface area contributed by atoms with Gasteiger partial charge in [0.25, 0.3) is 0 Å². The Hall–Kier alpha value is -0.610. The first-order chi connectivity index (χ1) is 8.36. The summed E-state index contributed by atoms with van der Waals surface area (Å²) in [5, 5.41) is 12.6. The van der Waals surface area contributed by atoms with Gasteiger partial charge < -0.3 is 15.3 Å². The molecule has 0 aromatic rings. The van der Waals surface area contributed by atoms with E-state index in [0.717, 1.165) is 25.8 Å². The Balaban J connectivity index is 4.42. The van der Waals surface area contributed by atoms with Crippen LogP contribution in [0.2, 0.25) is 0 Å². The van der Waals surface area contributed by atoms with Crippen LogP contribution in [0, 0.1) is 5.92 Å². The van der Waals surface area contributed by atoms with Gasteiger partial charge in [0, 0.05) is 12.6 Å². The number of hydrogen-bond donors (Lipinski definition) is 2. The number of likely N-dealkylation sites (N-methyl/N-ethyl adjacent to an activating group) is 1. The highest BCUT2D eigenvalue weighted by atomic mass is 16.4. The Bertz CT molecular complexity index is 220. The molecule has 0 radical (unpaired) electrons. The molecule has 0 saturated carbocycles. The smallest absolute Gasteiger partial charge is 0.320 e. The lowest BCUT2D eigenvalue weighted by molar-refractivity contribution is -0.140. The number of rotatable bonds is 10. The third kappa shape index (κ3) is 8.48. The summed E-state index contributed by atoms with van der Waals surface area (Å²) in [6, 6.07) is -0.161. The summed E-state index contributed by atoms with van der Waals surface area (Å²) in [5.74, 6) is -0.154. The van der Waals surface area contributed by atoms with E-state index in [1.807, 2.05) is 14.1 Å². The Kier molecular flexibility index (Phi) is 9.02. The van der Waals surface area contributed by atoms with E-state index in [1.165, 1.54) is 0 Å². The molecular formula is C14H30N2O2. The van der Waals surface area contributed by atoms with Crippen molar-refractivity contribution < 1.29 is 9.90 Å². The fourth-order valence-electron chi connectivity index (χ4n) is 2.18. The van der Waals surface area contributed by atoms with Gasteiger partial charge in [0.15, 0.2) is 0 Å². The molecule has 0 amide bonds. The molecule has 0 spiro atoms. The zero-order chi connectivity index (χ0) is 14.1. The van der Waals surface area contributed by atoms with Crippen LogP contribution in [0.15, 0.2) is 0 Å². The van der Waals surface area contributed by atoms with Crippen molar-refractivity contribution in [2.75, 3.05) is 20.6 Å². The van der Waals surface area contributed by atoms with Crippen molar-refractivity contribution >= 4 is 5.97 Å². The minimum Gasteiger partial charge on any atom is -0.480 e. The van der Waals surface area contributed by atoms with Crippen molar-refractivity contribution in [2.45, 2.75) is 58.5 Å². The minimum absolute atomic E-state index is 0.248. The molecule has 0 aliphatic heterocycles. The first kappa shape index (κ1) is 17.4. The van der Waals surface area contributed by atoms with Gasteiger partial charge in [-0.1, -0.05) is 33.6 Å². The predicted octanol–water partition coefficient (Wildman–Crippen LogP) is 2.20. The second kappa shape index (κ2) is 9.34. The van der Waals surface area contributed by atoms with Crippen LogP contribution in [-0.4, -0.2) is 48.7 Å². The molecule has 18 heavy (non-hydrogen) atoms. The molecule has 2 atom stereocenters. The van der Waals surface area contributed by atoms with Crippen molar-refractivity contribution in [2.24, 2.45) is 5.92 Å². The van der Waals surface area contributed by atoms with Crippen LogP contribution in [0.4, 0.5) is 0 Å². The number of nitrogens with one attached hydrogen (secondary N) is 1. The number of carboxylic acid groups (broad SMARTS) is 1. The van der Waals surface area contributed by atoms with Gasteiger partial charge in [0.2, 0.25) is 0 Å². The van der Waals surface area contributed by atoms with Gasteiger partial charge >= 0.3 is 5.97 Å². The third-order valence-electron chi connectivity index (χ3n) is 2.92. The zero-order valence-electron chi connectivity index (χ0n) is 12.6. The van der Waals surface area contributed by atoms with Crippen molar-refractivity contribution in [3.8, 4) is 0 Å². The van der Waals surface area contributed by atoms with E-state index in [9.17, 15) is 9.90 Å². The lowest BCUT2D eigenvalue weighted by atomic mass is 10.0. The normalized spacial score (nSPS) is 15.1. The van der Waals surface area contributed by atoms with Crippen molar-refractivity contribution in [3.05, 3.63) is 0 Å². The summed E-state index contributed by atoms with van der Waals surface area (Å²) in [4.78, 5) is 13.3. The first-order valence-corrected chi connectivity index (χ1v) is 7.00. The average Bonchev–Trinajstić information content (AvgIpc) is 2.21. The highest BCUT2D eigenvalue weighted by Gasteiger charge is 2.21. The fraction of sp³-hybridized carbons (Fsp3) is 0.929. The lowest BCUT2D eigenvalue weighted by Gasteiger charge is -2.27. The average molecular weight is 258 g/mol. The number of carbonyl (C=O) groups is 1. The van der Waals surface area contributed by atoms with E-state index in [-0.39, 0.29) is 6.04 Å². The Morgan fingerprint density at radius 2 is 1.94 bits per heavy atom. The molecule has 0 saturated heterocycles. The number of hydrogen-bond acceptors (Lipinski definition) is 3. The van der Waals surface area contributed by atoms with E-state index in [1.54, 1.807) is 0 Å². The Labute approximate surface area is 112 Å². The number of aliphatic carboxylic acids is 1. The van der Waals surface area contributed by atoms with E-state index in [0.29, 0.717) is 12.3 Å². The highest BCUT2D eigenvalue weighted by Crippen LogP contribution is 2.09. The summed E-state index contributed by atoms with van der Waals surface area (Å²) in [6.07, 6.45) is 3.72. The molecular weight excluding hydrogens is 228 g/mol. The number of nitrogens with zero attached hydrogens (tertiary/aromatic N) is 1. The molecule has 4 heteroatoms. The van der Waals surface area contributed by atoms with Gasteiger partial charge in [-0.05, 0) is 32.9 Å². The summed E-state index contributed by atoms with van der Waals surface area (Å²) in [6.45, 7) is 7.32. The van der Waals surface area contributed by atoms with Crippen LogP contribution >= 0.6 is 0 Å². The standard InChI is InChI=1S/C14H30N2O2/c1-6-7-8-13(14(17)18)15-12(9-11(2)3)10-16(4)5/h11-13,15H,6-10H2,1-5H3,(H,17,18). The first-order valence-electron chi connectivity index (χ1n) is 7.00. The summed E-state index contributed by atoms with van der Waals surface area (Å²) in [7, 11) is 4.05. The van der Waals surface area contributed by atoms with Crippen molar-refractivity contribution in [1.82, 2.24) is 10.2 Å². The van der Waals surface area contributed by atoms with Gasteiger partial charge in [-0.2, -0.15) is 0 Å². The van der Waals surface area contributed by atoms with Gasteiger partial charge in [-0.15, -0.1) is 0 Å². The summed E-state index contributed by atoms with van der Waals surface area (Å²) in [5.41, 5.74) is 0. The van der Waals surface area contributed by atoms with E-state index >= 15 is 0 Å². The van der Waals surface area contributed by atoms with Crippen molar-refractivity contribution in [3.63, 3.8) is 0 Å². The molecule has 0 aromatic carbocycles. The number of unbranched alkanes of at least 4 members (excludes halogenated alkanes) is 1. The molecule has 0 fully saturated rings. The van der Waals surface area contributed by atoms with Gasteiger partial charge in [-0.3, -0.25) is 4.79 Å². The molecule has 2 unspecified atom stereocenters. The highest BCUT2D eigenvalue weighted by molar-refractivity contribution is 5.73. The van der Waals surface area contributed by atoms with Crippen molar-refractivity contribution in [1.29, 1.82) is 0 Å². The van der Waals surface area contributed by atoms with Gasteiger partial charge in [-0.25, -0.2) is 0 Å². The van der Waals surface area contributed by atoms with Crippen LogP contribution < -0.4 is 5.32 Å². The zero-order valence-corrected chi connectivity index (χ0v) is 12.6. The van der Waals surface area contributed by atoms with Gasteiger partial charge in [0.1, 0.15) is 6.04 Å². The van der Waals surface area contributed by atoms with Crippen LogP contribution in [0.1, 0.15) is 46.5 Å². The van der Waals surface area contributed by atoms with E-state index in [4.69, 9.17) is 0 Å². The largest absolute Gasteiger partial charge is 0.480 e. The Morgan fingerprint density at radius 1 is 1.33 bits per heavy atom. The van der Waals surface area contributed by atoms with E-state index < -0.39 is 12.0 Å². The lowest BCUT2D eigenvalue weighted by Crippen LogP contribution is -2.48. The maximum Gasteiger partial charge on any atom is 0.320 e. The minimum atomic E-state index is -0.726. The van der Waals surface area contributed by atoms with Crippen LogP contribution in [0.25, 0.3) is 0 Å². The topological polar surface area (TPSA) is 52.6 Å². The maximum absolute atomic E-state index is 11.2. The molecule has 2 N–H and O–H groups in total. The fourth-order valence-corrected chi connectivity index (χ4v) is 2.18. The molecule has 0 aliphatic carbocycles. The third-order valence-corrected chi connectivity index (χ3v) is 2.92. The Morgan fingerprint density at radius 3 is 2.33 bits per heavy atom. The quantitative estimate of drug-likeness (QED) is 0.631. The number of carboxylic acids is 1. The van der Waals surface area contributed by atoms with Gasteiger partial charge in [0.05, 0.1) is 0 Å². The molecule has 108 valence electrons. The second-order valence-corrected chi connectivity index (χ2v) is 5.79. The van der Waals surface area contributed by atoms with Crippen LogP contribution in [-0.2, 0) is 4.79 Å². The molecule has 0 heterocycles. The molecule has 0 bridgehead atoms. The summed E-state index contributed by atoms with van der Waals surface area (Å²) >= 11 is 0. The van der Waals surface area contributed by atoms with Crippen LogP contribution in [0.3, 0.4) is 0 Å². The maximum atomic E-state index is 11.2. The van der Waals surface area contributed by atoms with Crippen LogP contribution in [0.5, 0.6) is 0 Å².